The minimum absolute atomic E-state index is 0.0581. The molecular weight excluding hydrogens is 771 g/mol. The number of aliphatic hydroxyl groups is 1. The van der Waals surface area contributed by atoms with Gasteiger partial charge in [-0.25, -0.2) is 14.6 Å². The lowest BCUT2D eigenvalue weighted by atomic mass is 9.80. The van der Waals surface area contributed by atoms with Crippen LogP contribution in [0.15, 0.2) is 54.6 Å². The molecule has 2 unspecified atom stereocenters. The van der Waals surface area contributed by atoms with E-state index < -0.39 is 53.9 Å². The van der Waals surface area contributed by atoms with Crippen molar-refractivity contribution in [2.45, 2.75) is 58.5 Å². The third-order valence-corrected chi connectivity index (χ3v) is 11.2. The number of phenols is 1. The standard InChI is InChI=1S/C43H69N9O8/c1-30(2)38(45-42(57)48(5)16-18-50-20-24-59-25-21-50)40(55)36(37(44)33-10-8-7-9-11-33)35(54)29-52(28-32-12-14-34(53)15-13-32)47-41(56)39(31(3)4)46-43(58)49(6)17-19-51-22-26-60-27-23-51/h7-15,30-31,35-39,53-54H,16-29,44H2,1-6H3,(H,45,57)(H,46,58)(H,47,56)/t35-,36?,37?,38-,39-/m0/s1. The van der Waals surface area contributed by atoms with Crippen LogP contribution in [0.5, 0.6) is 5.75 Å². The highest BCUT2D eigenvalue weighted by Gasteiger charge is 2.40. The second-order valence-corrected chi connectivity index (χ2v) is 16.5. The Hall–Kier alpha value is -4.36. The van der Waals surface area contributed by atoms with Gasteiger partial charge in [0.2, 0.25) is 0 Å². The molecule has 0 saturated carbocycles. The summed E-state index contributed by atoms with van der Waals surface area (Å²) in [6.07, 6.45) is -1.44. The van der Waals surface area contributed by atoms with Crippen molar-refractivity contribution in [3.8, 4) is 5.75 Å². The van der Waals surface area contributed by atoms with E-state index in [2.05, 4.69) is 25.9 Å². The number of hydrogen-bond donors (Lipinski definition) is 6. The number of carbonyl (C=O) groups is 4. The van der Waals surface area contributed by atoms with Gasteiger partial charge in [-0.2, -0.15) is 0 Å². The van der Waals surface area contributed by atoms with Gasteiger partial charge in [-0.3, -0.25) is 24.8 Å². The molecule has 17 heteroatoms. The van der Waals surface area contributed by atoms with Gasteiger partial charge in [-0.1, -0.05) is 70.2 Å². The van der Waals surface area contributed by atoms with Crippen molar-refractivity contribution < 1.29 is 38.9 Å². The van der Waals surface area contributed by atoms with Crippen LogP contribution >= 0.6 is 0 Å². The number of nitrogens with one attached hydrogen (secondary N) is 3. The number of carbonyl (C=O) groups excluding carboxylic acids is 4. The van der Waals surface area contributed by atoms with Crippen molar-refractivity contribution in [1.29, 1.82) is 0 Å². The highest BCUT2D eigenvalue weighted by molar-refractivity contribution is 5.91. The molecule has 2 aliphatic heterocycles. The second-order valence-electron chi connectivity index (χ2n) is 16.5. The largest absolute Gasteiger partial charge is 0.508 e. The molecular formula is C43H69N9O8. The van der Waals surface area contributed by atoms with Crippen molar-refractivity contribution in [1.82, 2.24) is 40.7 Å². The normalized spacial score (nSPS) is 17.7. The van der Waals surface area contributed by atoms with E-state index in [1.54, 1.807) is 60.3 Å². The van der Waals surface area contributed by atoms with E-state index in [1.165, 1.54) is 17.1 Å². The van der Waals surface area contributed by atoms with Gasteiger partial charge >= 0.3 is 12.1 Å². The fraction of sp³-hybridized carbons (Fsp3) is 0.628. The first kappa shape index (κ1) is 48.3. The SMILES string of the molecule is CC(C)[C@H](NC(=O)N(C)CCN1CCOCC1)C(=O)NN(Cc1ccc(O)cc1)C[C@H](O)C(C(=O)[C@@H](NC(=O)N(C)CCN1CCOCC1)C(C)C)C(N)c1ccccc1. The maximum Gasteiger partial charge on any atom is 0.317 e. The molecule has 0 spiro atoms. The number of nitrogens with zero attached hydrogens (tertiary/aromatic N) is 5. The molecule has 5 amide bonds. The predicted octanol–water partition coefficient (Wildman–Crippen LogP) is 1.47. The Morgan fingerprint density at radius 1 is 0.750 bits per heavy atom. The van der Waals surface area contributed by atoms with E-state index in [1.807, 2.05) is 33.8 Å². The molecule has 2 aromatic carbocycles. The van der Waals surface area contributed by atoms with E-state index >= 15 is 0 Å². The van der Waals surface area contributed by atoms with Gasteiger partial charge in [0.25, 0.3) is 5.91 Å². The Bertz CT molecular complexity index is 1620. The number of likely N-dealkylation sites (N-methyl/N-ethyl adjacent to an activating group) is 2. The molecule has 2 aliphatic rings. The zero-order chi connectivity index (χ0) is 43.8. The minimum Gasteiger partial charge on any atom is -0.508 e. The quantitative estimate of drug-likeness (QED) is 0.0990. The van der Waals surface area contributed by atoms with Crippen molar-refractivity contribution in [2.24, 2.45) is 23.5 Å². The Morgan fingerprint density at radius 3 is 1.72 bits per heavy atom. The number of morpholine rings is 2. The van der Waals surface area contributed by atoms with E-state index in [0.717, 1.165) is 26.2 Å². The lowest BCUT2D eigenvalue weighted by molar-refractivity contribution is -0.133. The first-order valence-electron chi connectivity index (χ1n) is 21.1. The summed E-state index contributed by atoms with van der Waals surface area (Å²) in [5.41, 5.74) is 11.1. The Kier molecular flexibility index (Phi) is 19.5. The van der Waals surface area contributed by atoms with Crippen LogP contribution in [0.2, 0.25) is 0 Å². The zero-order valence-corrected chi connectivity index (χ0v) is 36.3. The molecule has 0 aromatic heterocycles. The van der Waals surface area contributed by atoms with Gasteiger partial charge in [0, 0.05) is 85.6 Å². The molecule has 4 rings (SSSR count). The zero-order valence-electron chi connectivity index (χ0n) is 36.3. The number of phenolic OH excluding ortho intramolecular Hbond substituents is 1. The molecule has 2 aromatic rings. The smallest absolute Gasteiger partial charge is 0.317 e. The molecule has 7 N–H and O–H groups in total. The van der Waals surface area contributed by atoms with Crippen LogP contribution in [0.3, 0.4) is 0 Å². The van der Waals surface area contributed by atoms with Gasteiger partial charge < -0.3 is 45.9 Å². The molecule has 17 nitrogen and oxygen atoms in total. The summed E-state index contributed by atoms with van der Waals surface area (Å²) in [6, 6.07) is 11.6. The Balaban J connectivity index is 1.55. The van der Waals surface area contributed by atoms with Gasteiger partial charge in [-0.05, 0) is 35.1 Å². The molecule has 60 heavy (non-hydrogen) atoms. The molecule has 5 atom stereocenters. The predicted molar refractivity (Wildman–Crippen MR) is 229 cm³/mol. The van der Waals surface area contributed by atoms with Gasteiger partial charge in [-0.15, -0.1) is 0 Å². The number of amides is 5. The fourth-order valence-corrected chi connectivity index (χ4v) is 7.26. The van der Waals surface area contributed by atoms with Gasteiger partial charge in [0.1, 0.15) is 11.8 Å². The van der Waals surface area contributed by atoms with Crippen molar-refractivity contribution in [3.63, 3.8) is 0 Å². The Morgan fingerprint density at radius 2 is 1.23 bits per heavy atom. The highest BCUT2D eigenvalue weighted by Crippen LogP contribution is 2.27. The maximum absolute atomic E-state index is 14.8. The summed E-state index contributed by atoms with van der Waals surface area (Å²) < 4.78 is 10.9. The van der Waals surface area contributed by atoms with Gasteiger partial charge in [0.05, 0.1) is 44.5 Å². The highest BCUT2D eigenvalue weighted by atomic mass is 16.5. The van der Waals surface area contributed by atoms with Crippen LogP contribution < -0.4 is 21.8 Å². The number of ketones is 1. The average Bonchev–Trinajstić information content (AvgIpc) is 3.24. The summed E-state index contributed by atoms with van der Waals surface area (Å²) in [6.45, 7) is 15.1. The third-order valence-electron chi connectivity index (χ3n) is 11.2. The first-order chi connectivity index (χ1) is 28.6. The van der Waals surface area contributed by atoms with Crippen LogP contribution in [0, 0.1) is 17.8 Å². The number of rotatable bonds is 21. The van der Waals surface area contributed by atoms with E-state index in [0.29, 0.717) is 63.7 Å². The van der Waals surface area contributed by atoms with Crippen molar-refractivity contribution >= 4 is 23.8 Å². The lowest BCUT2D eigenvalue weighted by Gasteiger charge is -2.36. The summed E-state index contributed by atoms with van der Waals surface area (Å²) in [7, 11) is 3.36. The fourth-order valence-electron chi connectivity index (χ4n) is 7.26. The molecule has 0 bridgehead atoms. The number of aliphatic hydroxyl groups excluding tert-OH is 1. The molecule has 0 aliphatic carbocycles. The van der Waals surface area contributed by atoms with Crippen molar-refractivity contribution in [3.05, 3.63) is 65.7 Å². The summed E-state index contributed by atoms with van der Waals surface area (Å²) in [5, 5.41) is 29.5. The van der Waals surface area contributed by atoms with Crippen LogP contribution in [0.1, 0.15) is 44.9 Å². The second kappa shape index (κ2) is 24.2. The molecule has 2 heterocycles. The van der Waals surface area contributed by atoms with E-state index in [-0.39, 0.29) is 30.7 Å². The van der Waals surface area contributed by atoms with E-state index in [4.69, 9.17) is 15.2 Å². The van der Waals surface area contributed by atoms with Gasteiger partial charge in [0.15, 0.2) is 5.78 Å². The van der Waals surface area contributed by atoms with Crippen LogP contribution in [-0.4, -0.2) is 176 Å². The van der Waals surface area contributed by atoms with Crippen molar-refractivity contribution in [2.75, 3.05) is 99.4 Å². The minimum atomic E-state index is -1.44. The molecule has 2 fully saturated rings. The number of aromatic hydroxyl groups is 1. The monoisotopic (exact) mass is 840 g/mol. The number of hydrogen-bond acceptors (Lipinski definition) is 12. The molecule has 0 radical (unpaired) electrons. The van der Waals surface area contributed by atoms with Crippen LogP contribution in [0.4, 0.5) is 9.59 Å². The third kappa shape index (κ3) is 15.0. The number of urea groups is 2. The number of benzene rings is 2. The average molecular weight is 840 g/mol. The first-order valence-corrected chi connectivity index (χ1v) is 21.1. The number of ether oxygens (including phenoxy) is 2. The maximum atomic E-state index is 14.8. The molecule has 2 saturated heterocycles. The molecule has 334 valence electrons. The topological polar surface area (TPSA) is 206 Å². The summed E-state index contributed by atoms with van der Waals surface area (Å²) in [5.74, 6) is -2.81. The summed E-state index contributed by atoms with van der Waals surface area (Å²) in [4.78, 5) is 63.3. The van der Waals surface area contributed by atoms with Crippen LogP contribution in [0.25, 0.3) is 0 Å². The number of hydrazine groups is 1. The Labute approximate surface area is 355 Å². The van der Waals surface area contributed by atoms with E-state index in [9.17, 15) is 29.4 Å². The summed E-state index contributed by atoms with van der Waals surface area (Å²) >= 11 is 0. The lowest BCUT2D eigenvalue weighted by Crippen LogP contribution is -2.59. The van der Waals surface area contributed by atoms with Crippen LogP contribution in [-0.2, 0) is 25.6 Å². The number of nitrogens with two attached hydrogens (primary N) is 1. The number of Topliss-reactive ketones (excluding diaryl/α,β-unsaturated/α-hetero) is 1.